The zero-order valence-corrected chi connectivity index (χ0v) is 27.1. The molecule has 0 saturated carbocycles. The maximum absolute atomic E-state index is 5.16. The molecule has 7 aromatic carbocycles. The maximum Gasteiger partial charge on any atom is 0.145 e. The minimum Gasteiger partial charge on any atom is -0.309 e. The van der Waals surface area contributed by atoms with E-state index in [4.69, 9.17) is 4.98 Å². The van der Waals surface area contributed by atoms with E-state index in [9.17, 15) is 0 Å². The standard InChI is InChI=1S/C44H29N3S/c1-28-21-23-39-36(25-28)37-27-29(33-16-10-17-35-34-15-5-8-20-42(34)48-43(33)35)22-24-40(37)46(39)32-14-9-11-30(26-32)44-45-38-18-6-7-19-41(38)47(44)31-12-3-2-4-13-31/h2-27H,1H3. The Hall–Kier alpha value is -5.97. The molecule has 226 valence electrons. The van der Waals surface area contributed by atoms with Crippen molar-refractivity contribution in [3.05, 3.63) is 163 Å². The van der Waals surface area contributed by atoms with E-state index in [2.05, 4.69) is 174 Å². The average Bonchev–Trinajstić information content (AvgIpc) is 3.81. The normalized spacial score (nSPS) is 11.9. The summed E-state index contributed by atoms with van der Waals surface area (Å²) in [4.78, 5) is 5.16. The van der Waals surface area contributed by atoms with Gasteiger partial charge in [0.1, 0.15) is 5.82 Å². The molecule has 0 aliphatic rings. The molecule has 3 aromatic heterocycles. The van der Waals surface area contributed by atoms with Crippen LogP contribution in [0.3, 0.4) is 0 Å². The quantitative estimate of drug-likeness (QED) is 0.189. The molecule has 0 atom stereocenters. The Morgan fingerprint density at radius 1 is 0.479 bits per heavy atom. The van der Waals surface area contributed by atoms with Gasteiger partial charge in [-0.15, -0.1) is 11.3 Å². The Labute approximate surface area is 281 Å². The molecule has 0 aliphatic carbocycles. The number of imidazole rings is 1. The fourth-order valence-corrected chi connectivity index (χ4v) is 8.64. The van der Waals surface area contributed by atoms with E-state index in [1.165, 1.54) is 58.7 Å². The van der Waals surface area contributed by atoms with Gasteiger partial charge < -0.3 is 4.57 Å². The number of thiophene rings is 1. The Morgan fingerprint density at radius 2 is 1.21 bits per heavy atom. The topological polar surface area (TPSA) is 22.8 Å². The Morgan fingerprint density at radius 3 is 2.12 bits per heavy atom. The van der Waals surface area contributed by atoms with Crippen molar-refractivity contribution in [1.29, 1.82) is 0 Å². The third-order valence-corrected chi connectivity index (χ3v) is 10.8. The first-order valence-electron chi connectivity index (χ1n) is 16.3. The summed E-state index contributed by atoms with van der Waals surface area (Å²) < 4.78 is 7.35. The molecule has 0 bridgehead atoms. The number of rotatable bonds is 4. The average molecular weight is 632 g/mol. The molecule has 48 heavy (non-hydrogen) atoms. The molecule has 10 aromatic rings. The highest BCUT2D eigenvalue weighted by Gasteiger charge is 2.18. The van der Waals surface area contributed by atoms with Crippen molar-refractivity contribution in [1.82, 2.24) is 14.1 Å². The van der Waals surface area contributed by atoms with Gasteiger partial charge in [-0.2, -0.15) is 0 Å². The second-order valence-corrected chi connectivity index (χ2v) is 13.6. The highest BCUT2D eigenvalue weighted by atomic mass is 32.1. The van der Waals surface area contributed by atoms with Crippen LogP contribution in [0, 0.1) is 6.92 Å². The summed E-state index contributed by atoms with van der Waals surface area (Å²) in [5, 5.41) is 5.17. The predicted octanol–water partition coefficient (Wildman–Crippen LogP) is 12.1. The third-order valence-electron chi connectivity index (χ3n) is 9.57. The van der Waals surface area contributed by atoms with Crippen molar-refractivity contribution in [2.24, 2.45) is 0 Å². The van der Waals surface area contributed by atoms with E-state index in [1.54, 1.807) is 0 Å². The number of aryl methyl sites for hydroxylation is 1. The molecular weight excluding hydrogens is 603 g/mol. The molecule has 0 unspecified atom stereocenters. The molecule has 0 aliphatic heterocycles. The van der Waals surface area contributed by atoms with Gasteiger partial charge in [0.15, 0.2) is 0 Å². The van der Waals surface area contributed by atoms with E-state index in [-0.39, 0.29) is 0 Å². The van der Waals surface area contributed by atoms with Crippen LogP contribution in [-0.2, 0) is 0 Å². The zero-order valence-electron chi connectivity index (χ0n) is 26.3. The Kier molecular flexibility index (Phi) is 5.96. The van der Waals surface area contributed by atoms with Crippen LogP contribution in [0.2, 0.25) is 0 Å². The number of para-hydroxylation sites is 3. The van der Waals surface area contributed by atoms with Gasteiger partial charge in [-0.3, -0.25) is 4.57 Å². The predicted molar refractivity (Wildman–Crippen MR) is 204 cm³/mol. The largest absolute Gasteiger partial charge is 0.309 e. The molecule has 0 fully saturated rings. The van der Waals surface area contributed by atoms with Gasteiger partial charge in [0, 0.05) is 47.9 Å². The molecule has 0 saturated heterocycles. The van der Waals surface area contributed by atoms with E-state index in [0.29, 0.717) is 0 Å². The number of nitrogens with zero attached hydrogens (tertiary/aromatic N) is 3. The minimum atomic E-state index is 0.930. The van der Waals surface area contributed by atoms with Gasteiger partial charge >= 0.3 is 0 Å². The SMILES string of the molecule is Cc1ccc2c(c1)c1cc(-c3cccc4c3sc3ccccc34)ccc1n2-c1cccc(-c2nc3ccccc3n2-c2ccccc2)c1. The van der Waals surface area contributed by atoms with Crippen molar-refractivity contribution in [3.63, 3.8) is 0 Å². The summed E-state index contributed by atoms with van der Waals surface area (Å²) in [6.07, 6.45) is 0. The lowest BCUT2D eigenvalue weighted by molar-refractivity contribution is 1.10. The minimum absolute atomic E-state index is 0.930. The van der Waals surface area contributed by atoms with Crippen LogP contribution in [0.15, 0.2) is 158 Å². The third kappa shape index (κ3) is 4.09. The summed E-state index contributed by atoms with van der Waals surface area (Å²) in [6.45, 7) is 2.18. The van der Waals surface area contributed by atoms with Crippen LogP contribution in [0.4, 0.5) is 0 Å². The first kappa shape index (κ1) is 27.2. The number of hydrogen-bond donors (Lipinski definition) is 0. The van der Waals surface area contributed by atoms with Crippen LogP contribution in [0.25, 0.3) is 86.9 Å². The lowest BCUT2D eigenvalue weighted by Gasteiger charge is -2.13. The van der Waals surface area contributed by atoms with Crippen molar-refractivity contribution in [2.75, 3.05) is 0 Å². The smallest absolute Gasteiger partial charge is 0.145 e. The monoisotopic (exact) mass is 631 g/mol. The summed E-state index contributed by atoms with van der Waals surface area (Å²) in [5.41, 5.74) is 11.5. The number of hydrogen-bond acceptors (Lipinski definition) is 2. The van der Waals surface area contributed by atoms with Gasteiger partial charge in [0.2, 0.25) is 0 Å². The Bertz CT molecular complexity index is 2850. The van der Waals surface area contributed by atoms with Crippen molar-refractivity contribution in [2.45, 2.75) is 6.92 Å². The second kappa shape index (κ2) is 10.5. The summed E-state index contributed by atoms with van der Waals surface area (Å²) in [5.74, 6) is 0.930. The van der Waals surface area contributed by atoms with E-state index in [1.807, 2.05) is 11.3 Å². The molecule has 4 heteroatoms. The molecule has 10 rings (SSSR count). The van der Waals surface area contributed by atoms with Crippen LogP contribution in [-0.4, -0.2) is 14.1 Å². The van der Waals surface area contributed by atoms with E-state index < -0.39 is 0 Å². The second-order valence-electron chi connectivity index (χ2n) is 12.5. The van der Waals surface area contributed by atoms with Crippen LogP contribution >= 0.6 is 11.3 Å². The molecule has 0 N–H and O–H groups in total. The van der Waals surface area contributed by atoms with Gasteiger partial charge in [-0.1, -0.05) is 96.6 Å². The van der Waals surface area contributed by atoms with Gasteiger partial charge in [-0.25, -0.2) is 4.98 Å². The van der Waals surface area contributed by atoms with E-state index >= 15 is 0 Å². The molecular formula is C44H29N3S. The van der Waals surface area contributed by atoms with Crippen molar-refractivity contribution in [3.8, 4) is 33.9 Å². The van der Waals surface area contributed by atoms with Crippen LogP contribution in [0.1, 0.15) is 5.56 Å². The summed E-state index contributed by atoms with van der Waals surface area (Å²) in [7, 11) is 0. The van der Waals surface area contributed by atoms with Crippen LogP contribution in [0.5, 0.6) is 0 Å². The molecule has 0 radical (unpaired) electrons. The highest BCUT2D eigenvalue weighted by molar-refractivity contribution is 7.26. The summed E-state index contributed by atoms with van der Waals surface area (Å²) in [6, 6.07) is 57.0. The lowest BCUT2D eigenvalue weighted by Crippen LogP contribution is -1.99. The van der Waals surface area contributed by atoms with Crippen molar-refractivity contribution >= 4 is 64.3 Å². The van der Waals surface area contributed by atoms with Gasteiger partial charge in [0.05, 0.1) is 22.1 Å². The number of aromatic nitrogens is 3. The number of benzene rings is 7. The fourth-order valence-electron chi connectivity index (χ4n) is 7.40. The maximum atomic E-state index is 5.16. The van der Waals surface area contributed by atoms with E-state index in [0.717, 1.165) is 33.8 Å². The first-order chi connectivity index (χ1) is 23.7. The highest BCUT2D eigenvalue weighted by Crippen LogP contribution is 2.42. The van der Waals surface area contributed by atoms with Crippen LogP contribution < -0.4 is 0 Å². The van der Waals surface area contributed by atoms with Crippen molar-refractivity contribution < 1.29 is 0 Å². The summed E-state index contributed by atoms with van der Waals surface area (Å²) >= 11 is 1.88. The molecule has 0 spiro atoms. The lowest BCUT2D eigenvalue weighted by atomic mass is 10.0. The molecule has 0 amide bonds. The molecule has 3 nitrogen and oxygen atoms in total. The number of fused-ring (bicyclic) bond motifs is 7. The Balaban J connectivity index is 1.18. The van der Waals surface area contributed by atoms with Gasteiger partial charge in [-0.05, 0) is 84.8 Å². The fraction of sp³-hybridized carbons (Fsp3) is 0.0227. The zero-order chi connectivity index (χ0) is 31.8. The molecule has 3 heterocycles. The first-order valence-corrected chi connectivity index (χ1v) is 17.1. The van der Waals surface area contributed by atoms with Gasteiger partial charge in [0.25, 0.3) is 0 Å².